The summed E-state index contributed by atoms with van der Waals surface area (Å²) in [6, 6.07) is 12.7. The molecule has 0 fully saturated rings. The van der Waals surface area contributed by atoms with Crippen molar-refractivity contribution >= 4 is 37.0 Å². The Labute approximate surface area is 143 Å². The average molecular weight is 394 g/mol. The molecular weight excluding hydrogens is 378 g/mol. The lowest BCUT2D eigenvalue weighted by Crippen LogP contribution is -2.24. The van der Waals surface area contributed by atoms with Gasteiger partial charge in [0.15, 0.2) is 0 Å². The monoisotopic (exact) mass is 393 g/mol. The molecule has 1 N–H and O–H groups in total. The summed E-state index contributed by atoms with van der Waals surface area (Å²) in [5, 5.41) is 0. The minimum atomic E-state index is -3.58. The first kappa shape index (κ1) is 16.2. The van der Waals surface area contributed by atoms with Gasteiger partial charge in [-0.15, -0.1) is 0 Å². The zero-order valence-corrected chi connectivity index (χ0v) is 15.1. The number of hydrogen-bond donors (Lipinski definition) is 1. The van der Waals surface area contributed by atoms with Crippen LogP contribution in [0.3, 0.4) is 0 Å². The maximum atomic E-state index is 12.4. The maximum absolute atomic E-state index is 12.4. The number of sulfonamides is 1. The van der Waals surface area contributed by atoms with E-state index in [0.717, 1.165) is 21.1 Å². The number of nitrogens with one attached hydrogen (secondary N) is 1. The van der Waals surface area contributed by atoms with E-state index >= 15 is 0 Å². The molecule has 120 valence electrons. The van der Waals surface area contributed by atoms with E-state index in [1.165, 1.54) is 0 Å². The van der Waals surface area contributed by atoms with Crippen LogP contribution in [0.2, 0.25) is 0 Å². The van der Waals surface area contributed by atoms with Crippen molar-refractivity contribution in [1.29, 1.82) is 0 Å². The third-order valence-corrected chi connectivity index (χ3v) is 6.03. The van der Waals surface area contributed by atoms with Gasteiger partial charge in [-0.1, -0.05) is 28.1 Å². The van der Waals surface area contributed by atoms with Crippen molar-refractivity contribution in [1.82, 2.24) is 14.3 Å². The van der Waals surface area contributed by atoms with Gasteiger partial charge in [-0.25, -0.2) is 18.1 Å². The van der Waals surface area contributed by atoms with Gasteiger partial charge in [0.25, 0.3) is 0 Å². The molecule has 2 aromatic carbocycles. The Morgan fingerprint density at radius 2 is 1.96 bits per heavy atom. The largest absolute Gasteiger partial charge is 0.330 e. The first-order chi connectivity index (χ1) is 10.9. The van der Waals surface area contributed by atoms with Gasteiger partial charge in [0.05, 0.1) is 22.5 Å². The number of imidazole rings is 1. The molecule has 0 spiro atoms. The van der Waals surface area contributed by atoms with Crippen molar-refractivity contribution in [2.75, 3.05) is 0 Å². The van der Waals surface area contributed by atoms with E-state index in [1.54, 1.807) is 18.2 Å². The van der Waals surface area contributed by atoms with Gasteiger partial charge in [-0.05, 0) is 42.8 Å². The number of nitrogens with zero attached hydrogens (tertiary/aromatic N) is 2. The predicted octanol–water partition coefficient (Wildman–Crippen LogP) is 3.12. The lowest BCUT2D eigenvalue weighted by Gasteiger charge is -2.08. The van der Waals surface area contributed by atoms with Crippen molar-refractivity contribution in [3.8, 4) is 0 Å². The second-order valence-corrected chi connectivity index (χ2v) is 7.93. The molecule has 0 aliphatic heterocycles. The molecule has 0 aliphatic carbocycles. The second-order valence-electron chi connectivity index (χ2n) is 5.31. The minimum Gasteiger partial charge on any atom is -0.330 e. The fourth-order valence-corrected chi connectivity index (χ4v) is 3.69. The van der Waals surface area contributed by atoms with Crippen molar-refractivity contribution < 1.29 is 8.42 Å². The molecule has 0 aliphatic rings. The van der Waals surface area contributed by atoms with Crippen LogP contribution in [0.5, 0.6) is 0 Å². The first-order valence-corrected chi connectivity index (χ1v) is 9.32. The highest BCUT2D eigenvalue weighted by atomic mass is 79.9. The maximum Gasteiger partial charge on any atom is 0.240 e. The van der Waals surface area contributed by atoms with Crippen LogP contribution in [0.25, 0.3) is 11.0 Å². The molecule has 0 saturated carbocycles. The van der Waals surface area contributed by atoms with Gasteiger partial charge in [-0.2, -0.15) is 0 Å². The van der Waals surface area contributed by atoms with E-state index in [1.807, 2.05) is 42.8 Å². The predicted molar refractivity (Wildman–Crippen MR) is 93.6 cm³/mol. The highest BCUT2D eigenvalue weighted by molar-refractivity contribution is 9.10. The number of benzene rings is 2. The van der Waals surface area contributed by atoms with Crippen LogP contribution >= 0.6 is 15.9 Å². The SMILES string of the molecule is Cc1cc(S(=O)(=O)NCc2nc3ccccc3n2C)ccc1Br. The lowest BCUT2D eigenvalue weighted by atomic mass is 10.2. The molecule has 0 unspecified atom stereocenters. The van der Waals surface area contributed by atoms with Crippen LogP contribution in [0, 0.1) is 6.92 Å². The van der Waals surface area contributed by atoms with Crippen molar-refractivity contribution in [2.24, 2.45) is 7.05 Å². The number of aryl methyl sites for hydroxylation is 2. The second kappa shape index (κ2) is 6.07. The molecule has 5 nitrogen and oxygen atoms in total. The summed E-state index contributed by atoms with van der Waals surface area (Å²) >= 11 is 3.37. The average Bonchev–Trinajstić information content (AvgIpc) is 2.85. The molecular formula is C16H16BrN3O2S. The number of hydrogen-bond acceptors (Lipinski definition) is 3. The standard InChI is InChI=1S/C16H16BrN3O2S/c1-11-9-12(7-8-13(11)17)23(21,22)18-10-16-19-14-5-3-4-6-15(14)20(16)2/h3-9,18H,10H2,1-2H3. The van der Waals surface area contributed by atoms with E-state index in [0.29, 0.717) is 5.82 Å². The first-order valence-electron chi connectivity index (χ1n) is 7.04. The zero-order valence-electron chi connectivity index (χ0n) is 12.7. The summed E-state index contributed by atoms with van der Waals surface area (Å²) in [6.45, 7) is 2.00. The quantitative estimate of drug-likeness (QED) is 0.740. The Morgan fingerprint density at radius 1 is 1.22 bits per heavy atom. The van der Waals surface area contributed by atoms with Crippen molar-refractivity contribution in [3.05, 3.63) is 58.3 Å². The van der Waals surface area contributed by atoms with E-state index in [2.05, 4.69) is 25.6 Å². The minimum absolute atomic E-state index is 0.141. The fraction of sp³-hybridized carbons (Fsp3) is 0.188. The van der Waals surface area contributed by atoms with Gasteiger partial charge in [-0.3, -0.25) is 0 Å². The Balaban J connectivity index is 1.86. The van der Waals surface area contributed by atoms with E-state index in [-0.39, 0.29) is 11.4 Å². The zero-order chi connectivity index (χ0) is 16.6. The van der Waals surface area contributed by atoms with Crippen molar-refractivity contribution in [2.45, 2.75) is 18.4 Å². The van der Waals surface area contributed by atoms with Crippen LogP contribution in [-0.2, 0) is 23.6 Å². The fourth-order valence-electron chi connectivity index (χ4n) is 2.38. The molecule has 23 heavy (non-hydrogen) atoms. The Morgan fingerprint density at radius 3 is 2.65 bits per heavy atom. The molecule has 0 saturated heterocycles. The molecule has 3 rings (SSSR count). The summed E-state index contributed by atoms with van der Waals surface area (Å²) in [7, 11) is -1.70. The number of rotatable bonds is 4. The van der Waals surface area contributed by atoms with Crippen molar-refractivity contribution in [3.63, 3.8) is 0 Å². The molecule has 3 aromatic rings. The highest BCUT2D eigenvalue weighted by Gasteiger charge is 2.16. The van der Waals surface area contributed by atoms with Crippen LogP contribution in [0.1, 0.15) is 11.4 Å². The Bertz CT molecular complexity index is 980. The smallest absolute Gasteiger partial charge is 0.240 e. The van der Waals surface area contributed by atoms with Gasteiger partial charge in [0, 0.05) is 11.5 Å². The highest BCUT2D eigenvalue weighted by Crippen LogP contribution is 2.20. The van der Waals surface area contributed by atoms with Gasteiger partial charge < -0.3 is 4.57 Å². The van der Waals surface area contributed by atoms with E-state index in [9.17, 15) is 8.42 Å². The molecule has 7 heteroatoms. The van der Waals surface area contributed by atoms with Crippen LogP contribution in [0.15, 0.2) is 51.8 Å². The van der Waals surface area contributed by atoms with Gasteiger partial charge in [0.2, 0.25) is 10.0 Å². The number of para-hydroxylation sites is 2. The Hall–Kier alpha value is -1.70. The lowest BCUT2D eigenvalue weighted by molar-refractivity contribution is 0.578. The molecule has 1 aromatic heterocycles. The van der Waals surface area contributed by atoms with Crippen LogP contribution < -0.4 is 4.72 Å². The summed E-state index contributed by atoms with van der Waals surface area (Å²) in [6.07, 6.45) is 0. The number of halogens is 1. The third kappa shape index (κ3) is 3.17. The summed E-state index contributed by atoms with van der Waals surface area (Å²) in [5.41, 5.74) is 2.69. The van der Waals surface area contributed by atoms with Crippen LogP contribution in [0.4, 0.5) is 0 Å². The molecule has 0 amide bonds. The molecule has 1 heterocycles. The number of aromatic nitrogens is 2. The summed E-state index contributed by atoms with van der Waals surface area (Å²) < 4.78 is 30.3. The third-order valence-electron chi connectivity index (χ3n) is 3.74. The Kier molecular flexibility index (Phi) is 4.27. The normalized spacial score (nSPS) is 12.0. The van der Waals surface area contributed by atoms with Gasteiger partial charge in [0.1, 0.15) is 5.82 Å². The number of fused-ring (bicyclic) bond motifs is 1. The van der Waals surface area contributed by atoms with Crippen LogP contribution in [-0.4, -0.2) is 18.0 Å². The van der Waals surface area contributed by atoms with E-state index in [4.69, 9.17) is 0 Å². The summed E-state index contributed by atoms with van der Waals surface area (Å²) in [4.78, 5) is 4.72. The van der Waals surface area contributed by atoms with Gasteiger partial charge >= 0.3 is 0 Å². The summed E-state index contributed by atoms with van der Waals surface area (Å²) in [5.74, 6) is 0.670. The molecule has 0 atom stereocenters. The topological polar surface area (TPSA) is 64.0 Å². The molecule has 0 bridgehead atoms. The molecule has 0 radical (unpaired) electrons. The van der Waals surface area contributed by atoms with E-state index < -0.39 is 10.0 Å².